The summed E-state index contributed by atoms with van der Waals surface area (Å²) in [6.07, 6.45) is 0.469. The summed E-state index contributed by atoms with van der Waals surface area (Å²) in [6, 6.07) is 7.82. The molecule has 1 aromatic heterocycles. The number of anilines is 1. The lowest BCUT2D eigenvalue weighted by Crippen LogP contribution is -2.30. The second kappa shape index (κ2) is 6.79. The highest BCUT2D eigenvalue weighted by Crippen LogP contribution is 2.30. The molecule has 1 heterocycles. The van der Waals surface area contributed by atoms with Crippen molar-refractivity contribution >= 4 is 5.82 Å². The molecule has 1 fully saturated rings. The van der Waals surface area contributed by atoms with E-state index in [9.17, 15) is 8.78 Å². The average molecular weight is 330 g/mol. The van der Waals surface area contributed by atoms with E-state index in [0.717, 1.165) is 6.07 Å². The fourth-order valence-corrected chi connectivity index (χ4v) is 2.65. The Labute approximate surface area is 138 Å². The summed E-state index contributed by atoms with van der Waals surface area (Å²) >= 11 is 0. The minimum absolute atomic E-state index is 0.177. The van der Waals surface area contributed by atoms with Crippen molar-refractivity contribution in [2.45, 2.75) is 19.0 Å². The lowest BCUT2D eigenvalue weighted by molar-refractivity contribution is 0.140. The first-order valence-electron chi connectivity index (χ1n) is 7.60. The van der Waals surface area contributed by atoms with Crippen molar-refractivity contribution in [3.8, 4) is 23.1 Å². The van der Waals surface area contributed by atoms with Gasteiger partial charge in [-0.2, -0.15) is 5.26 Å². The van der Waals surface area contributed by atoms with Crippen molar-refractivity contribution in [2.75, 3.05) is 19.0 Å². The molecule has 1 aliphatic rings. The summed E-state index contributed by atoms with van der Waals surface area (Å²) < 4.78 is 31.9. The molecule has 0 aliphatic heterocycles. The maximum Gasteiger partial charge on any atom is 0.148 e. The highest BCUT2D eigenvalue weighted by Gasteiger charge is 2.28. The van der Waals surface area contributed by atoms with Gasteiger partial charge in [0.1, 0.15) is 29.6 Å². The molecule has 1 saturated carbocycles. The second-order valence-corrected chi connectivity index (χ2v) is 5.76. The van der Waals surface area contributed by atoms with Crippen molar-refractivity contribution in [1.29, 1.82) is 5.26 Å². The SMILES string of the molecule is COc1cc(F)c(-c2ccc(NCC3CC(F)C3)nn2)cc1C#N. The normalized spacial score (nSPS) is 19.2. The second-order valence-electron chi connectivity index (χ2n) is 5.76. The summed E-state index contributed by atoms with van der Waals surface area (Å²) in [4.78, 5) is 0. The van der Waals surface area contributed by atoms with Crippen LogP contribution in [-0.2, 0) is 0 Å². The molecule has 7 heteroatoms. The first-order valence-corrected chi connectivity index (χ1v) is 7.60. The van der Waals surface area contributed by atoms with Gasteiger partial charge in [0.05, 0.1) is 18.4 Å². The molecule has 1 N–H and O–H groups in total. The van der Waals surface area contributed by atoms with Gasteiger partial charge >= 0.3 is 0 Å². The fraction of sp³-hybridized carbons (Fsp3) is 0.353. The van der Waals surface area contributed by atoms with Crippen molar-refractivity contribution in [3.63, 3.8) is 0 Å². The Morgan fingerprint density at radius 3 is 2.71 bits per heavy atom. The van der Waals surface area contributed by atoms with Gasteiger partial charge in [-0.25, -0.2) is 8.78 Å². The monoisotopic (exact) mass is 330 g/mol. The van der Waals surface area contributed by atoms with Crippen LogP contribution >= 0.6 is 0 Å². The lowest BCUT2D eigenvalue weighted by atomic mass is 9.83. The van der Waals surface area contributed by atoms with Crippen LogP contribution in [0.2, 0.25) is 0 Å². The van der Waals surface area contributed by atoms with Crippen LogP contribution in [0.25, 0.3) is 11.3 Å². The fourth-order valence-electron chi connectivity index (χ4n) is 2.65. The maximum atomic E-state index is 14.2. The number of hydrogen-bond donors (Lipinski definition) is 1. The Bertz CT molecular complexity index is 767. The minimum atomic E-state index is -0.683. The number of nitrogens with one attached hydrogen (secondary N) is 1. The van der Waals surface area contributed by atoms with Crippen LogP contribution in [0, 0.1) is 23.1 Å². The van der Waals surface area contributed by atoms with Gasteiger partial charge in [0, 0.05) is 18.2 Å². The molecule has 1 aliphatic carbocycles. The largest absolute Gasteiger partial charge is 0.495 e. The van der Waals surface area contributed by atoms with E-state index in [2.05, 4.69) is 15.5 Å². The van der Waals surface area contributed by atoms with Gasteiger partial charge in [-0.1, -0.05) is 0 Å². The number of alkyl halides is 1. The molecule has 24 heavy (non-hydrogen) atoms. The predicted octanol–water partition coefficient (Wildman–Crippen LogP) is 3.32. The van der Waals surface area contributed by atoms with E-state index in [1.165, 1.54) is 13.2 Å². The lowest BCUT2D eigenvalue weighted by Gasteiger charge is -2.29. The van der Waals surface area contributed by atoms with E-state index in [4.69, 9.17) is 10.00 Å². The molecular formula is C17H16F2N4O. The molecule has 124 valence electrons. The summed E-state index contributed by atoms with van der Waals surface area (Å²) in [5.74, 6) is 0.509. The Morgan fingerprint density at radius 1 is 1.33 bits per heavy atom. The number of ether oxygens (including phenoxy) is 1. The number of hydrogen-bond acceptors (Lipinski definition) is 5. The average Bonchev–Trinajstić information content (AvgIpc) is 2.58. The van der Waals surface area contributed by atoms with Crippen LogP contribution in [0.1, 0.15) is 18.4 Å². The van der Waals surface area contributed by atoms with E-state index in [0.29, 0.717) is 36.8 Å². The first-order chi connectivity index (χ1) is 11.6. The van der Waals surface area contributed by atoms with Gasteiger partial charge < -0.3 is 10.1 Å². The number of nitrogens with zero attached hydrogens (tertiary/aromatic N) is 3. The number of rotatable bonds is 5. The minimum Gasteiger partial charge on any atom is -0.495 e. The number of aromatic nitrogens is 2. The molecule has 0 bridgehead atoms. The molecule has 0 radical (unpaired) electrons. The third kappa shape index (κ3) is 3.27. The van der Waals surface area contributed by atoms with E-state index in [-0.39, 0.29) is 16.9 Å². The number of methoxy groups -OCH3 is 1. The van der Waals surface area contributed by atoms with E-state index in [1.54, 1.807) is 12.1 Å². The topological polar surface area (TPSA) is 70.8 Å². The number of halogens is 2. The Balaban J connectivity index is 1.74. The van der Waals surface area contributed by atoms with Crippen molar-refractivity contribution in [3.05, 3.63) is 35.6 Å². The quantitative estimate of drug-likeness (QED) is 0.910. The van der Waals surface area contributed by atoms with Gasteiger partial charge in [0.15, 0.2) is 0 Å². The maximum absolute atomic E-state index is 14.2. The van der Waals surface area contributed by atoms with Gasteiger partial charge in [0.2, 0.25) is 0 Å². The predicted molar refractivity (Wildman–Crippen MR) is 84.8 cm³/mol. The molecule has 0 amide bonds. The highest BCUT2D eigenvalue weighted by molar-refractivity contribution is 5.65. The standard InChI is InChI=1S/C17H16F2N4O/c1-24-16-7-14(19)13(6-11(16)8-20)15-2-3-17(23-22-15)21-9-10-4-12(18)5-10/h2-3,6-7,10,12H,4-5,9H2,1H3,(H,21,23). The molecule has 2 aromatic rings. The van der Waals surface area contributed by atoms with Gasteiger partial charge in [0.25, 0.3) is 0 Å². The van der Waals surface area contributed by atoms with Gasteiger partial charge in [-0.05, 0) is 37.0 Å². The van der Waals surface area contributed by atoms with Gasteiger partial charge in [-0.15, -0.1) is 10.2 Å². The molecule has 5 nitrogen and oxygen atoms in total. The van der Waals surface area contributed by atoms with Gasteiger partial charge in [-0.3, -0.25) is 0 Å². The number of benzene rings is 1. The van der Waals surface area contributed by atoms with Crippen LogP contribution in [0.3, 0.4) is 0 Å². The van der Waals surface area contributed by atoms with Crippen LogP contribution in [0.5, 0.6) is 5.75 Å². The van der Waals surface area contributed by atoms with Crippen LogP contribution in [0.15, 0.2) is 24.3 Å². The van der Waals surface area contributed by atoms with E-state index < -0.39 is 12.0 Å². The summed E-state index contributed by atoms with van der Waals surface area (Å²) in [5.41, 5.74) is 0.735. The Hall–Kier alpha value is -2.75. The molecule has 3 rings (SSSR count). The molecule has 0 saturated heterocycles. The van der Waals surface area contributed by atoms with Crippen molar-refractivity contribution in [1.82, 2.24) is 10.2 Å². The summed E-state index contributed by atoms with van der Waals surface area (Å²) in [6.45, 7) is 0.643. The smallest absolute Gasteiger partial charge is 0.148 e. The van der Waals surface area contributed by atoms with Crippen molar-refractivity contribution < 1.29 is 13.5 Å². The highest BCUT2D eigenvalue weighted by atomic mass is 19.1. The Morgan fingerprint density at radius 2 is 2.12 bits per heavy atom. The van der Waals surface area contributed by atoms with Crippen molar-refractivity contribution in [2.24, 2.45) is 5.92 Å². The van der Waals surface area contributed by atoms with E-state index in [1.807, 2.05) is 6.07 Å². The van der Waals surface area contributed by atoms with Crippen LogP contribution in [-0.4, -0.2) is 30.0 Å². The summed E-state index contributed by atoms with van der Waals surface area (Å²) in [7, 11) is 1.38. The molecule has 0 unspecified atom stereocenters. The molecule has 0 spiro atoms. The first kappa shape index (κ1) is 16.1. The Kier molecular flexibility index (Phi) is 4.56. The third-order valence-electron chi connectivity index (χ3n) is 4.10. The van der Waals surface area contributed by atoms with Crippen LogP contribution < -0.4 is 10.1 Å². The number of nitriles is 1. The zero-order chi connectivity index (χ0) is 17.1. The molecule has 1 aromatic carbocycles. The van der Waals surface area contributed by atoms with E-state index >= 15 is 0 Å². The van der Waals surface area contributed by atoms with Crippen LogP contribution in [0.4, 0.5) is 14.6 Å². The summed E-state index contributed by atoms with van der Waals surface area (Å²) in [5, 5.41) is 20.2. The molecule has 0 atom stereocenters. The zero-order valence-corrected chi connectivity index (χ0v) is 13.1. The molecular weight excluding hydrogens is 314 g/mol. The third-order valence-corrected chi connectivity index (χ3v) is 4.10. The zero-order valence-electron chi connectivity index (χ0n) is 13.1.